The van der Waals surface area contributed by atoms with Gasteiger partial charge < -0.3 is 29.0 Å². The molecule has 1 aliphatic heterocycles. The van der Waals surface area contributed by atoms with Crippen LogP contribution in [0.15, 0.2) is 36.4 Å². The Labute approximate surface area is 210 Å². The molecule has 0 fully saturated rings. The van der Waals surface area contributed by atoms with Crippen molar-refractivity contribution in [2.75, 3.05) is 38.9 Å². The van der Waals surface area contributed by atoms with E-state index in [0.29, 0.717) is 33.3 Å². The molecule has 3 rings (SSSR count). The molecule has 2 aromatic rings. The Hall–Kier alpha value is -2.81. The van der Waals surface area contributed by atoms with Gasteiger partial charge in [0.2, 0.25) is 0 Å². The Morgan fingerprint density at radius 2 is 1.91 bits per heavy atom. The molecule has 0 bridgehead atoms. The first-order chi connectivity index (χ1) is 16.6. The Morgan fingerprint density at radius 1 is 1.17 bits per heavy atom. The minimum atomic E-state index is -0.934. The number of hydrogen-bond acceptors (Lipinski definition) is 7. The number of aliphatic hydroxyl groups excluding tert-OH is 1. The highest BCUT2D eigenvalue weighted by atomic mass is 35.5. The smallest absolute Gasteiger partial charge is 0.302 e. The summed E-state index contributed by atoms with van der Waals surface area (Å²) >= 11 is 6.40. The van der Waals surface area contributed by atoms with Gasteiger partial charge in [-0.1, -0.05) is 37.6 Å². The van der Waals surface area contributed by atoms with E-state index in [1.165, 1.54) is 14.0 Å². The number of esters is 1. The summed E-state index contributed by atoms with van der Waals surface area (Å²) < 4.78 is 22.8. The van der Waals surface area contributed by atoms with Crippen LogP contribution in [-0.4, -0.2) is 57.1 Å². The van der Waals surface area contributed by atoms with Crippen molar-refractivity contribution in [1.82, 2.24) is 0 Å². The summed E-state index contributed by atoms with van der Waals surface area (Å²) in [4.78, 5) is 26.8. The van der Waals surface area contributed by atoms with Gasteiger partial charge in [-0.15, -0.1) is 0 Å². The number of ether oxygens (including phenoxy) is 4. The summed E-state index contributed by atoms with van der Waals surface area (Å²) in [6.45, 7) is 5.32. The molecule has 0 radical (unpaired) electrons. The molecular weight excluding hydrogens is 474 g/mol. The lowest BCUT2D eigenvalue weighted by atomic mass is 9.92. The number of rotatable bonds is 9. The molecule has 0 aromatic heterocycles. The lowest BCUT2D eigenvalue weighted by Crippen LogP contribution is -2.45. The number of para-hydroxylation sites is 1. The molecule has 0 saturated heterocycles. The number of halogens is 1. The minimum absolute atomic E-state index is 0.101. The molecule has 190 valence electrons. The van der Waals surface area contributed by atoms with Crippen molar-refractivity contribution in [2.24, 2.45) is 5.41 Å². The zero-order valence-electron chi connectivity index (χ0n) is 20.7. The Bertz CT molecular complexity index is 1070. The lowest BCUT2D eigenvalue weighted by molar-refractivity contribution is -0.143. The minimum Gasteiger partial charge on any atom is -0.493 e. The number of carbonyl (C=O) groups excluding carboxylic acids is 2. The average Bonchev–Trinajstić information content (AvgIpc) is 2.92. The van der Waals surface area contributed by atoms with Gasteiger partial charge in [0.15, 0.2) is 11.5 Å². The molecule has 2 aromatic carbocycles. The zero-order valence-corrected chi connectivity index (χ0v) is 21.4. The summed E-state index contributed by atoms with van der Waals surface area (Å²) in [6, 6.07) is 10.7. The standard InChI is InChI=1S/C26H32ClNO7/c1-16(30)34-15-26(2,3)14-28-20-10-9-17(27)13-19(20)23(35-22(11-12-29)25(28)31)18-7-6-8-21(32-4)24(18)33-5/h6-10,13,22-23,29H,11-12,14-15H2,1-5H3/t22-,23-/m1/s1. The van der Waals surface area contributed by atoms with Gasteiger partial charge in [-0.2, -0.15) is 0 Å². The average molecular weight is 506 g/mol. The molecule has 1 N–H and O–H groups in total. The molecule has 1 heterocycles. The van der Waals surface area contributed by atoms with Gasteiger partial charge in [0.25, 0.3) is 5.91 Å². The van der Waals surface area contributed by atoms with Gasteiger partial charge in [0.05, 0.1) is 20.8 Å². The van der Waals surface area contributed by atoms with Gasteiger partial charge in [-0.05, 0) is 24.3 Å². The molecule has 1 amide bonds. The third-order valence-corrected chi connectivity index (χ3v) is 6.00. The highest BCUT2D eigenvalue weighted by molar-refractivity contribution is 6.30. The van der Waals surface area contributed by atoms with Crippen molar-refractivity contribution < 1.29 is 33.6 Å². The van der Waals surface area contributed by atoms with Crippen LogP contribution in [0.25, 0.3) is 0 Å². The number of aliphatic hydroxyl groups is 1. The normalized spacial score (nSPS) is 18.0. The number of nitrogens with zero attached hydrogens (tertiary/aromatic N) is 1. The third kappa shape index (κ3) is 6.07. The van der Waals surface area contributed by atoms with E-state index >= 15 is 0 Å². The van der Waals surface area contributed by atoms with Crippen LogP contribution in [0.4, 0.5) is 5.69 Å². The van der Waals surface area contributed by atoms with Crippen molar-refractivity contribution >= 4 is 29.2 Å². The summed E-state index contributed by atoms with van der Waals surface area (Å²) in [5.74, 6) is 0.303. The van der Waals surface area contributed by atoms with Gasteiger partial charge >= 0.3 is 5.97 Å². The van der Waals surface area contributed by atoms with Crippen LogP contribution in [0.3, 0.4) is 0 Å². The fraction of sp³-hybridized carbons (Fsp3) is 0.462. The van der Waals surface area contributed by atoms with Gasteiger partial charge in [-0.3, -0.25) is 9.59 Å². The Balaban J connectivity index is 2.17. The van der Waals surface area contributed by atoms with Gasteiger partial charge in [0, 0.05) is 53.7 Å². The maximum absolute atomic E-state index is 13.7. The summed E-state index contributed by atoms with van der Waals surface area (Å²) in [7, 11) is 3.09. The predicted octanol–water partition coefficient (Wildman–Crippen LogP) is 4.15. The van der Waals surface area contributed by atoms with Crippen LogP contribution in [0.2, 0.25) is 5.02 Å². The van der Waals surface area contributed by atoms with E-state index in [4.69, 9.17) is 30.5 Å². The molecule has 8 nitrogen and oxygen atoms in total. The monoisotopic (exact) mass is 505 g/mol. The van der Waals surface area contributed by atoms with Gasteiger partial charge in [-0.25, -0.2) is 0 Å². The second-order valence-corrected chi connectivity index (χ2v) is 9.61. The van der Waals surface area contributed by atoms with Crippen LogP contribution in [0.1, 0.15) is 44.4 Å². The number of amides is 1. The second kappa shape index (κ2) is 11.3. The molecule has 0 spiro atoms. The van der Waals surface area contributed by atoms with Crippen LogP contribution in [0.5, 0.6) is 11.5 Å². The van der Waals surface area contributed by atoms with Crippen LogP contribution >= 0.6 is 11.6 Å². The largest absolute Gasteiger partial charge is 0.493 e. The quantitative estimate of drug-likeness (QED) is 0.511. The summed E-state index contributed by atoms with van der Waals surface area (Å²) in [5.41, 5.74) is 1.38. The van der Waals surface area contributed by atoms with Crippen molar-refractivity contribution in [3.05, 3.63) is 52.5 Å². The fourth-order valence-corrected chi connectivity index (χ4v) is 4.35. The van der Waals surface area contributed by atoms with E-state index in [1.54, 1.807) is 36.3 Å². The first-order valence-corrected chi connectivity index (χ1v) is 11.7. The molecule has 0 saturated carbocycles. The number of anilines is 1. The maximum atomic E-state index is 13.7. The molecule has 9 heteroatoms. The van der Waals surface area contributed by atoms with E-state index in [2.05, 4.69) is 0 Å². The zero-order chi connectivity index (χ0) is 25.8. The highest BCUT2D eigenvalue weighted by Gasteiger charge is 2.40. The maximum Gasteiger partial charge on any atom is 0.302 e. The van der Waals surface area contributed by atoms with E-state index in [0.717, 1.165) is 0 Å². The number of fused-ring (bicyclic) bond motifs is 1. The molecule has 2 atom stereocenters. The third-order valence-electron chi connectivity index (χ3n) is 5.76. The number of carbonyl (C=O) groups is 2. The molecule has 1 aliphatic rings. The van der Waals surface area contributed by atoms with Gasteiger partial charge in [0.1, 0.15) is 12.2 Å². The van der Waals surface area contributed by atoms with Crippen LogP contribution < -0.4 is 14.4 Å². The van der Waals surface area contributed by atoms with E-state index < -0.39 is 17.6 Å². The summed E-state index contributed by atoms with van der Waals surface area (Å²) in [5, 5.41) is 10.2. The topological polar surface area (TPSA) is 94.5 Å². The fourth-order valence-electron chi connectivity index (χ4n) is 4.17. The van der Waals surface area contributed by atoms with Crippen LogP contribution in [0, 0.1) is 5.41 Å². The molecule has 0 unspecified atom stereocenters. The Kier molecular flexibility index (Phi) is 8.64. The Morgan fingerprint density at radius 3 is 2.54 bits per heavy atom. The first kappa shape index (κ1) is 26.8. The SMILES string of the molecule is COc1cccc([C@H]2O[C@H](CCO)C(=O)N(CC(C)(C)COC(C)=O)c3ccc(Cl)cc32)c1OC. The number of benzene rings is 2. The lowest BCUT2D eigenvalue weighted by Gasteiger charge is -2.33. The number of methoxy groups -OCH3 is 2. The molecule has 0 aliphatic carbocycles. The van der Waals surface area contributed by atoms with E-state index in [-0.39, 0.29) is 38.1 Å². The first-order valence-electron chi connectivity index (χ1n) is 11.3. The second-order valence-electron chi connectivity index (χ2n) is 9.17. The van der Waals surface area contributed by atoms with Crippen molar-refractivity contribution in [2.45, 2.75) is 39.4 Å². The highest BCUT2D eigenvalue weighted by Crippen LogP contribution is 2.45. The van der Waals surface area contributed by atoms with Crippen molar-refractivity contribution in [3.8, 4) is 11.5 Å². The van der Waals surface area contributed by atoms with Crippen molar-refractivity contribution in [1.29, 1.82) is 0 Å². The molecular formula is C26H32ClNO7. The van der Waals surface area contributed by atoms with Crippen molar-refractivity contribution in [3.63, 3.8) is 0 Å². The summed E-state index contributed by atoms with van der Waals surface area (Å²) in [6.07, 6.45) is -1.56. The number of hydrogen-bond donors (Lipinski definition) is 1. The van der Waals surface area contributed by atoms with Crippen LogP contribution in [-0.2, 0) is 19.1 Å². The molecule has 35 heavy (non-hydrogen) atoms. The predicted molar refractivity (Wildman–Crippen MR) is 132 cm³/mol. The van der Waals surface area contributed by atoms with E-state index in [9.17, 15) is 14.7 Å². The van der Waals surface area contributed by atoms with E-state index in [1.807, 2.05) is 26.0 Å².